The maximum absolute atomic E-state index is 12.7. The molecule has 0 aliphatic heterocycles. The summed E-state index contributed by atoms with van der Waals surface area (Å²) in [5.74, 6) is -0.915. The van der Waals surface area contributed by atoms with Gasteiger partial charge in [0.05, 0.1) is 18.1 Å². The van der Waals surface area contributed by atoms with Gasteiger partial charge in [0.25, 0.3) is 5.91 Å². The number of ether oxygens (including phenoxy) is 1. The number of esters is 1. The summed E-state index contributed by atoms with van der Waals surface area (Å²) in [6.07, 6.45) is 0.191. The lowest BCUT2D eigenvalue weighted by molar-refractivity contribution is -0.121. The van der Waals surface area contributed by atoms with E-state index in [0.717, 1.165) is 16.3 Å². The predicted octanol–water partition coefficient (Wildman–Crippen LogP) is 4.25. The minimum atomic E-state index is -0.547. The Hall–Kier alpha value is -3.65. The molecule has 0 unspecified atom stereocenters. The molecule has 0 radical (unpaired) electrons. The smallest absolute Gasteiger partial charge is 0.339 e. The number of hydrogen-bond acceptors (Lipinski definition) is 4. The van der Waals surface area contributed by atoms with Gasteiger partial charge in [0, 0.05) is 12.2 Å². The first-order valence-corrected chi connectivity index (χ1v) is 8.99. The van der Waals surface area contributed by atoms with E-state index in [4.69, 9.17) is 10.00 Å². The van der Waals surface area contributed by atoms with Crippen molar-refractivity contribution in [1.29, 1.82) is 5.26 Å². The Balaban J connectivity index is 1.73. The van der Waals surface area contributed by atoms with E-state index in [1.54, 1.807) is 12.1 Å². The van der Waals surface area contributed by atoms with Crippen LogP contribution in [0.15, 0.2) is 66.7 Å². The molecule has 0 saturated heterocycles. The molecular weight excluding hydrogens is 352 g/mol. The van der Waals surface area contributed by atoms with Crippen molar-refractivity contribution in [2.75, 3.05) is 18.1 Å². The number of nitriles is 1. The highest BCUT2D eigenvalue weighted by Crippen LogP contribution is 2.20. The molecule has 1 amide bonds. The fraction of sp³-hybridized carbons (Fsp3) is 0.174. The molecule has 0 spiro atoms. The number of anilines is 1. The molecule has 0 aliphatic rings. The van der Waals surface area contributed by atoms with Crippen LogP contribution in [0.3, 0.4) is 0 Å². The second-order valence-corrected chi connectivity index (χ2v) is 6.39. The lowest BCUT2D eigenvalue weighted by Gasteiger charge is -2.22. The molecule has 140 valence electrons. The quantitative estimate of drug-likeness (QED) is 0.607. The number of hydrogen-bond donors (Lipinski definition) is 0. The van der Waals surface area contributed by atoms with Crippen molar-refractivity contribution < 1.29 is 14.3 Å². The zero-order valence-corrected chi connectivity index (χ0v) is 15.6. The lowest BCUT2D eigenvalue weighted by atomic mass is 10.1. The number of nitrogens with zero attached hydrogens (tertiary/aromatic N) is 2. The van der Waals surface area contributed by atoms with E-state index in [0.29, 0.717) is 11.3 Å². The van der Waals surface area contributed by atoms with E-state index < -0.39 is 5.97 Å². The number of rotatable bonds is 6. The van der Waals surface area contributed by atoms with Crippen molar-refractivity contribution in [1.82, 2.24) is 0 Å². The summed E-state index contributed by atoms with van der Waals surface area (Å²) in [4.78, 5) is 26.7. The average molecular weight is 372 g/mol. The monoisotopic (exact) mass is 372 g/mol. The van der Waals surface area contributed by atoms with Gasteiger partial charge >= 0.3 is 5.97 Å². The summed E-state index contributed by atoms with van der Waals surface area (Å²) < 4.78 is 5.29. The van der Waals surface area contributed by atoms with Gasteiger partial charge in [-0.25, -0.2) is 4.79 Å². The van der Waals surface area contributed by atoms with Crippen LogP contribution in [0.2, 0.25) is 0 Å². The Bertz CT molecular complexity index is 1030. The van der Waals surface area contributed by atoms with Crippen LogP contribution in [-0.2, 0) is 9.53 Å². The molecule has 0 saturated carbocycles. The number of fused-ring (bicyclic) bond motifs is 1. The molecule has 28 heavy (non-hydrogen) atoms. The van der Waals surface area contributed by atoms with E-state index >= 15 is 0 Å². The molecule has 5 nitrogen and oxygen atoms in total. The summed E-state index contributed by atoms with van der Waals surface area (Å²) in [6, 6.07) is 22.4. The molecule has 3 aromatic rings. The van der Waals surface area contributed by atoms with Gasteiger partial charge in [0.1, 0.15) is 0 Å². The number of amides is 1. The maximum atomic E-state index is 12.7. The predicted molar refractivity (Wildman–Crippen MR) is 108 cm³/mol. The Morgan fingerprint density at radius 2 is 1.71 bits per heavy atom. The molecule has 0 fully saturated rings. The fourth-order valence-electron chi connectivity index (χ4n) is 2.97. The molecule has 0 bridgehead atoms. The fourth-order valence-corrected chi connectivity index (χ4v) is 2.97. The molecular formula is C23H20N2O3. The van der Waals surface area contributed by atoms with Crippen molar-refractivity contribution in [3.05, 3.63) is 77.9 Å². The van der Waals surface area contributed by atoms with Crippen LogP contribution in [0.4, 0.5) is 5.69 Å². The summed E-state index contributed by atoms with van der Waals surface area (Å²) in [5, 5.41) is 10.6. The van der Waals surface area contributed by atoms with Gasteiger partial charge in [0.2, 0.25) is 0 Å². The van der Waals surface area contributed by atoms with Gasteiger partial charge in [0.15, 0.2) is 6.61 Å². The van der Waals surface area contributed by atoms with E-state index in [9.17, 15) is 9.59 Å². The van der Waals surface area contributed by atoms with E-state index in [1.807, 2.05) is 67.6 Å². The van der Waals surface area contributed by atoms with Crippen LogP contribution >= 0.6 is 0 Å². The van der Waals surface area contributed by atoms with Gasteiger partial charge in [-0.2, -0.15) is 5.26 Å². The molecule has 0 atom stereocenters. The normalized spacial score (nSPS) is 10.3. The van der Waals surface area contributed by atoms with Gasteiger partial charge in [-0.3, -0.25) is 4.79 Å². The molecule has 5 heteroatoms. The Labute approximate surface area is 163 Å². The second-order valence-electron chi connectivity index (χ2n) is 6.39. The van der Waals surface area contributed by atoms with Crippen LogP contribution in [0.25, 0.3) is 10.8 Å². The first-order chi connectivity index (χ1) is 13.6. The Morgan fingerprint density at radius 1 is 1.00 bits per heavy atom. The van der Waals surface area contributed by atoms with E-state index in [1.165, 1.54) is 4.90 Å². The first kappa shape index (κ1) is 19.1. The summed E-state index contributed by atoms with van der Waals surface area (Å²) in [6.45, 7) is 1.81. The van der Waals surface area contributed by atoms with Crippen LogP contribution in [-0.4, -0.2) is 25.0 Å². The van der Waals surface area contributed by atoms with Gasteiger partial charge in [-0.05, 0) is 35.9 Å². The number of benzene rings is 3. The van der Waals surface area contributed by atoms with Gasteiger partial charge < -0.3 is 9.64 Å². The average Bonchev–Trinajstić information content (AvgIpc) is 2.73. The van der Waals surface area contributed by atoms with Crippen LogP contribution < -0.4 is 4.90 Å². The van der Waals surface area contributed by atoms with Gasteiger partial charge in [-0.15, -0.1) is 0 Å². The lowest BCUT2D eigenvalue weighted by Crippen LogP contribution is -2.35. The Kier molecular flexibility index (Phi) is 6.03. The van der Waals surface area contributed by atoms with Crippen molar-refractivity contribution >= 4 is 28.3 Å². The van der Waals surface area contributed by atoms with Crippen molar-refractivity contribution in [2.24, 2.45) is 0 Å². The molecule has 0 aliphatic carbocycles. The number of aryl methyl sites for hydroxylation is 1. The maximum Gasteiger partial charge on any atom is 0.339 e. The molecule has 0 N–H and O–H groups in total. The third-order valence-electron chi connectivity index (χ3n) is 4.43. The van der Waals surface area contributed by atoms with Gasteiger partial charge in [-0.1, -0.05) is 54.1 Å². The molecule has 0 aromatic heterocycles. The number of carbonyl (C=O) groups is 2. The molecule has 3 rings (SSSR count). The van der Waals surface area contributed by atoms with E-state index in [2.05, 4.69) is 0 Å². The molecule has 3 aromatic carbocycles. The third-order valence-corrected chi connectivity index (χ3v) is 4.43. The number of carbonyl (C=O) groups excluding carboxylic acids is 2. The Morgan fingerprint density at radius 3 is 2.46 bits per heavy atom. The second kappa shape index (κ2) is 8.83. The summed E-state index contributed by atoms with van der Waals surface area (Å²) >= 11 is 0. The topological polar surface area (TPSA) is 70.4 Å². The zero-order valence-electron chi connectivity index (χ0n) is 15.6. The zero-order chi connectivity index (χ0) is 19.9. The minimum absolute atomic E-state index is 0.191. The highest BCUT2D eigenvalue weighted by atomic mass is 16.5. The molecule has 0 heterocycles. The van der Waals surface area contributed by atoms with Crippen molar-refractivity contribution in [3.8, 4) is 6.07 Å². The third kappa shape index (κ3) is 4.36. The van der Waals surface area contributed by atoms with Crippen LogP contribution in [0.1, 0.15) is 22.3 Å². The largest absolute Gasteiger partial charge is 0.452 e. The van der Waals surface area contributed by atoms with Crippen molar-refractivity contribution in [2.45, 2.75) is 13.3 Å². The SMILES string of the molecule is Cc1ccc(N(CCC#N)C(=O)COC(=O)c2cccc3ccccc23)cc1. The van der Waals surface area contributed by atoms with Crippen LogP contribution in [0, 0.1) is 18.3 Å². The first-order valence-electron chi connectivity index (χ1n) is 8.99. The van der Waals surface area contributed by atoms with Crippen LogP contribution in [0.5, 0.6) is 0 Å². The van der Waals surface area contributed by atoms with E-state index in [-0.39, 0.29) is 25.5 Å². The summed E-state index contributed by atoms with van der Waals surface area (Å²) in [5.41, 5.74) is 2.16. The highest BCUT2D eigenvalue weighted by molar-refractivity contribution is 6.05. The summed E-state index contributed by atoms with van der Waals surface area (Å²) in [7, 11) is 0. The standard InChI is InChI=1S/C23H20N2O3/c1-17-10-12-19(13-11-17)25(15-5-14-24)22(26)16-28-23(27)21-9-4-7-18-6-2-3-8-20(18)21/h2-4,6-13H,5,15-16H2,1H3. The van der Waals surface area contributed by atoms with Crippen molar-refractivity contribution in [3.63, 3.8) is 0 Å². The highest BCUT2D eigenvalue weighted by Gasteiger charge is 2.19. The minimum Gasteiger partial charge on any atom is -0.452 e.